The van der Waals surface area contributed by atoms with E-state index in [9.17, 15) is 9.90 Å². The van der Waals surface area contributed by atoms with Crippen molar-refractivity contribution in [1.29, 1.82) is 0 Å². The van der Waals surface area contributed by atoms with Crippen LogP contribution in [0.3, 0.4) is 0 Å². The fraction of sp³-hybridized carbons (Fsp3) is 0.316. The molecule has 5 heteroatoms. The van der Waals surface area contributed by atoms with Gasteiger partial charge in [0.05, 0.1) is 18.8 Å². The molecule has 0 amide bonds. The summed E-state index contributed by atoms with van der Waals surface area (Å²) in [6.45, 7) is 1.67. The molecule has 1 N–H and O–H groups in total. The van der Waals surface area contributed by atoms with Gasteiger partial charge in [0.15, 0.2) is 0 Å². The minimum absolute atomic E-state index is 0.251. The molecule has 1 unspecified atom stereocenters. The number of fused-ring (bicyclic) bond motifs is 2. The maximum Gasteiger partial charge on any atom is 0.344 e. The maximum absolute atomic E-state index is 12.8. The summed E-state index contributed by atoms with van der Waals surface area (Å²) in [4.78, 5) is 12.8. The van der Waals surface area contributed by atoms with Crippen LogP contribution in [-0.2, 0) is 24.6 Å². The highest BCUT2D eigenvalue weighted by Crippen LogP contribution is 2.58. The first-order valence-electron chi connectivity index (χ1n) is 7.98. The zero-order valence-corrected chi connectivity index (χ0v) is 13.3. The topological polar surface area (TPSA) is 65.0 Å². The van der Waals surface area contributed by atoms with Crippen molar-refractivity contribution in [2.24, 2.45) is 5.92 Å². The van der Waals surface area contributed by atoms with Gasteiger partial charge in [0, 0.05) is 0 Å². The number of ether oxygens (including phenoxy) is 3. The molecule has 0 spiro atoms. The van der Waals surface area contributed by atoms with E-state index in [2.05, 4.69) is 0 Å². The van der Waals surface area contributed by atoms with E-state index < -0.39 is 23.3 Å². The molecule has 0 radical (unpaired) electrons. The van der Waals surface area contributed by atoms with Crippen LogP contribution in [0, 0.1) is 5.92 Å². The van der Waals surface area contributed by atoms with Crippen molar-refractivity contribution in [2.75, 3.05) is 13.2 Å². The lowest BCUT2D eigenvalue weighted by molar-refractivity contribution is -0.394. The van der Waals surface area contributed by atoms with Gasteiger partial charge in [0.25, 0.3) is 0 Å². The van der Waals surface area contributed by atoms with Crippen molar-refractivity contribution in [2.45, 2.75) is 18.3 Å². The molecule has 0 aliphatic carbocycles. The quantitative estimate of drug-likeness (QED) is 0.875. The number of carbonyl (C=O) groups excluding carboxylic acids is 1. The van der Waals surface area contributed by atoms with E-state index in [0.717, 1.165) is 10.8 Å². The molecule has 2 aromatic rings. The average Bonchev–Trinajstić information content (AvgIpc) is 2.94. The van der Waals surface area contributed by atoms with Crippen molar-refractivity contribution >= 4 is 16.7 Å². The molecule has 2 aliphatic rings. The van der Waals surface area contributed by atoms with Crippen LogP contribution in [0.2, 0.25) is 0 Å². The molecule has 1 saturated heterocycles. The number of aliphatic hydroxyl groups excluding tert-OH is 1. The van der Waals surface area contributed by atoms with Crippen LogP contribution in [0.15, 0.2) is 54.8 Å². The Morgan fingerprint density at radius 2 is 2.04 bits per heavy atom. The largest absolute Gasteiger partial charge is 0.467 e. The van der Waals surface area contributed by atoms with Crippen molar-refractivity contribution in [3.63, 3.8) is 0 Å². The molecular formula is C19H18O5. The highest BCUT2D eigenvalue weighted by Gasteiger charge is 2.73. The third-order valence-electron chi connectivity index (χ3n) is 4.76. The number of hydrogen-bond acceptors (Lipinski definition) is 5. The fourth-order valence-corrected chi connectivity index (χ4v) is 3.62. The Bertz CT molecular complexity index is 829. The Hall–Kier alpha value is -2.37. The van der Waals surface area contributed by atoms with Crippen LogP contribution >= 0.6 is 0 Å². The second-order valence-electron chi connectivity index (χ2n) is 6.01. The van der Waals surface area contributed by atoms with Crippen LogP contribution in [0.4, 0.5) is 0 Å². The molecule has 1 fully saturated rings. The molecule has 24 heavy (non-hydrogen) atoms. The molecule has 2 heterocycles. The smallest absolute Gasteiger partial charge is 0.344 e. The Balaban J connectivity index is 1.84. The molecule has 0 aromatic heterocycles. The van der Waals surface area contributed by atoms with Gasteiger partial charge in [-0.1, -0.05) is 36.4 Å². The van der Waals surface area contributed by atoms with Gasteiger partial charge < -0.3 is 19.3 Å². The average molecular weight is 326 g/mol. The molecule has 2 aliphatic heterocycles. The summed E-state index contributed by atoms with van der Waals surface area (Å²) in [5, 5.41) is 11.7. The first kappa shape index (κ1) is 15.2. The van der Waals surface area contributed by atoms with Crippen LogP contribution in [0.5, 0.6) is 0 Å². The highest BCUT2D eigenvalue weighted by atomic mass is 16.8. The van der Waals surface area contributed by atoms with Gasteiger partial charge in [0.1, 0.15) is 6.61 Å². The van der Waals surface area contributed by atoms with Crippen molar-refractivity contribution in [3.05, 3.63) is 60.4 Å². The molecule has 2 aromatic carbocycles. The van der Waals surface area contributed by atoms with E-state index in [1.54, 1.807) is 13.0 Å². The third kappa shape index (κ3) is 1.85. The van der Waals surface area contributed by atoms with E-state index in [0.29, 0.717) is 5.56 Å². The molecule has 3 atom stereocenters. The van der Waals surface area contributed by atoms with Gasteiger partial charge in [-0.3, -0.25) is 0 Å². The monoisotopic (exact) mass is 326 g/mol. The minimum atomic E-state index is -1.30. The molecule has 0 saturated carbocycles. The van der Waals surface area contributed by atoms with Crippen molar-refractivity contribution in [1.82, 2.24) is 0 Å². The zero-order chi connectivity index (χ0) is 16.8. The van der Waals surface area contributed by atoms with Crippen LogP contribution < -0.4 is 0 Å². The predicted octanol–water partition coefficient (Wildman–Crippen LogP) is 2.48. The summed E-state index contributed by atoms with van der Waals surface area (Å²) in [5.74, 6) is -2.10. The highest BCUT2D eigenvalue weighted by molar-refractivity contribution is 5.88. The predicted molar refractivity (Wildman–Crippen MR) is 86.9 cm³/mol. The number of aliphatic hydroxyl groups is 1. The van der Waals surface area contributed by atoms with Crippen molar-refractivity contribution < 1.29 is 24.1 Å². The van der Waals surface area contributed by atoms with Gasteiger partial charge in [0.2, 0.25) is 11.4 Å². The summed E-state index contributed by atoms with van der Waals surface area (Å²) < 4.78 is 16.6. The minimum Gasteiger partial charge on any atom is -0.467 e. The number of rotatable bonds is 4. The summed E-state index contributed by atoms with van der Waals surface area (Å²) in [6.07, 6.45) is 3.23. The molecule has 5 nitrogen and oxygen atoms in total. The number of benzene rings is 2. The molecule has 4 rings (SSSR count). The van der Waals surface area contributed by atoms with E-state index in [1.165, 1.54) is 6.26 Å². The number of esters is 1. The van der Waals surface area contributed by atoms with Crippen LogP contribution in [0.25, 0.3) is 10.8 Å². The van der Waals surface area contributed by atoms with E-state index in [1.807, 2.05) is 42.5 Å². The van der Waals surface area contributed by atoms with Gasteiger partial charge in [-0.15, -0.1) is 0 Å². The standard InChI is InChI=1S/C19H18O5/c1-2-22-17(21)19(16-9-10-23-18(16,12-20)24-19)15-8-7-13-5-3-4-6-14(13)11-15/h3-11,16,20H,2,12H2,1H3/t16?,18-,19-/m0/s1. The Morgan fingerprint density at radius 3 is 2.79 bits per heavy atom. The van der Waals surface area contributed by atoms with Gasteiger partial charge in [-0.2, -0.15) is 0 Å². The summed E-state index contributed by atoms with van der Waals surface area (Å²) in [5.41, 5.74) is -0.598. The molecule has 0 bridgehead atoms. The maximum atomic E-state index is 12.8. The van der Waals surface area contributed by atoms with Crippen LogP contribution in [-0.4, -0.2) is 30.1 Å². The second kappa shape index (κ2) is 5.33. The Morgan fingerprint density at radius 1 is 1.25 bits per heavy atom. The third-order valence-corrected chi connectivity index (χ3v) is 4.76. The van der Waals surface area contributed by atoms with E-state index in [-0.39, 0.29) is 13.2 Å². The first-order chi connectivity index (χ1) is 11.7. The number of hydrogen-bond donors (Lipinski definition) is 1. The normalized spacial score (nSPS) is 30.5. The van der Waals surface area contributed by atoms with E-state index in [4.69, 9.17) is 14.2 Å². The summed E-state index contributed by atoms with van der Waals surface area (Å²) in [7, 11) is 0. The van der Waals surface area contributed by atoms with Crippen molar-refractivity contribution in [3.8, 4) is 0 Å². The lowest BCUT2D eigenvalue weighted by Gasteiger charge is -2.55. The lowest BCUT2D eigenvalue weighted by Crippen LogP contribution is -2.70. The van der Waals surface area contributed by atoms with Gasteiger partial charge in [-0.25, -0.2) is 4.79 Å². The first-order valence-corrected chi connectivity index (χ1v) is 7.98. The second-order valence-corrected chi connectivity index (χ2v) is 6.01. The molecule has 124 valence electrons. The summed E-state index contributed by atoms with van der Waals surface area (Å²) >= 11 is 0. The zero-order valence-electron chi connectivity index (χ0n) is 13.3. The van der Waals surface area contributed by atoms with Gasteiger partial charge in [-0.05, 0) is 35.4 Å². The summed E-state index contributed by atoms with van der Waals surface area (Å²) in [6, 6.07) is 13.7. The van der Waals surface area contributed by atoms with E-state index >= 15 is 0 Å². The molecular weight excluding hydrogens is 308 g/mol. The Labute approximate surface area is 139 Å². The van der Waals surface area contributed by atoms with Crippen LogP contribution in [0.1, 0.15) is 12.5 Å². The number of carbonyl (C=O) groups is 1. The lowest BCUT2D eigenvalue weighted by atomic mass is 9.70. The van der Waals surface area contributed by atoms with Gasteiger partial charge >= 0.3 is 5.97 Å². The fourth-order valence-electron chi connectivity index (χ4n) is 3.62. The SMILES string of the molecule is CCOC(=O)[C@@]1(c2ccc3ccccc3c2)O[C@]2(CO)OC=CC21. The Kier molecular flexibility index (Phi) is 3.37.